The highest BCUT2D eigenvalue weighted by molar-refractivity contribution is 6.04. The maximum Gasteiger partial charge on any atom is 0.410 e. The van der Waals surface area contributed by atoms with Crippen molar-refractivity contribution >= 4 is 23.8 Å². The number of carbonyl (C=O) groups is 3. The largest absolute Gasteiger partial charge is 0.476 e. The third-order valence-corrected chi connectivity index (χ3v) is 6.12. The van der Waals surface area contributed by atoms with E-state index >= 15 is 0 Å². The fourth-order valence-electron chi connectivity index (χ4n) is 4.37. The van der Waals surface area contributed by atoms with Crippen LogP contribution in [0.15, 0.2) is 42.6 Å². The Kier molecular flexibility index (Phi) is 7.53. The lowest BCUT2D eigenvalue weighted by molar-refractivity contribution is 0.00821. The average Bonchev–Trinajstić information content (AvgIpc) is 3.25. The normalized spacial score (nSPS) is 15.3. The van der Waals surface area contributed by atoms with Gasteiger partial charge in [-0.05, 0) is 64.3 Å². The molecule has 1 fully saturated rings. The zero-order valence-electron chi connectivity index (χ0n) is 21.8. The SMILES string of the molecule is CC(C)(C)OC(=O)N1CCCCC1c1nc(-c2ccc(C(=O)Nc3cc(C#N)ccn3)cc2)c(C(=O)O)n1N. The van der Waals surface area contributed by atoms with Gasteiger partial charge in [0, 0.05) is 23.9 Å². The number of nitrogens with zero attached hydrogens (tertiary/aromatic N) is 5. The van der Waals surface area contributed by atoms with Crippen molar-refractivity contribution in [1.29, 1.82) is 5.26 Å². The summed E-state index contributed by atoms with van der Waals surface area (Å²) in [6.45, 7) is 5.76. The lowest BCUT2D eigenvalue weighted by Crippen LogP contribution is -2.43. The van der Waals surface area contributed by atoms with Crippen molar-refractivity contribution in [3.63, 3.8) is 0 Å². The first-order valence-electron chi connectivity index (χ1n) is 12.4. The summed E-state index contributed by atoms with van der Waals surface area (Å²) >= 11 is 0. The molecule has 4 N–H and O–H groups in total. The standard InChI is InChI=1S/C27H29N7O5/c1-27(2,3)39-26(38)33-13-5-4-6-19(33)23-32-21(22(25(36)37)34(23)29)17-7-9-18(10-8-17)24(35)31-20-14-16(15-28)11-12-30-20/h7-12,14,19H,4-6,13,29H2,1-3H3,(H,36,37)(H,30,31,35). The fraction of sp³-hybridized carbons (Fsp3) is 0.333. The molecule has 1 aliphatic rings. The van der Waals surface area contributed by atoms with E-state index in [4.69, 9.17) is 15.8 Å². The zero-order chi connectivity index (χ0) is 28.3. The lowest BCUT2D eigenvalue weighted by Gasteiger charge is -2.36. The molecule has 3 heterocycles. The first-order chi connectivity index (χ1) is 18.5. The van der Waals surface area contributed by atoms with Gasteiger partial charge in [-0.25, -0.2) is 24.2 Å². The van der Waals surface area contributed by atoms with Crippen LogP contribution in [0.1, 0.15) is 78.3 Å². The number of anilines is 1. The number of aromatic nitrogens is 3. The summed E-state index contributed by atoms with van der Waals surface area (Å²) in [4.78, 5) is 48.0. The van der Waals surface area contributed by atoms with Crippen LogP contribution in [0.25, 0.3) is 11.3 Å². The number of hydrogen-bond donors (Lipinski definition) is 3. The number of aromatic carboxylic acids is 1. The summed E-state index contributed by atoms with van der Waals surface area (Å²) in [6.07, 6.45) is 3.04. The van der Waals surface area contributed by atoms with Crippen molar-refractivity contribution in [3.05, 3.63) is 65.2 Å². The highest BCUT2D eigenvalue weighted by Gasteiger charge is 2.36. The summed E-state index contributed by atoms with van der Waals surface area (Å²) in [5.74, 6) is 4.98. The quantitative estimate of drug-likeness (QED) is 0.411. The van der Waals surface area contributed by atoms with Crippen LogP contribution in [-0.2, 0) is 4.74 Å². The van der Waals surface area contributed by atoms with E-state index in [2.05, 4.69) is 15.3 Å². The molecule has 0 saturated carbocycles. The number of nitrogens with two attached hydrogens (primary N) is 1. The molecule has 3 aromatic rings. The number of benzene rings is 1. The van der Waals surface area contributed by atoms with Crippen molar-refractivity contribution < 1.29 is 24.2 Å². The Morgan fingerprint density at radius 3 is 2.54 bits per heavy atom. The minimum absolute atomic E-state index is 0.116. The fourth-order valence-corrected chi connectivity index (χ4v) is 4.37. The van der Waals surface area contributed by atoms with Gasteiger partial charge in [-0.15, -0.1) is 0 Å². The number of nitriles is 1. The number of carbonyl (C=O) groups excluding carboxylic acids is 2. The Hall–Kier alpha value is -4.92. The van der Waals surface area contributed by atoms with Gasteiger partial charge in [0.15, 0.2) is 11.5 Å². The molecule has 2 amide bonds. The van der Waals surface area contributed by atoms with Crippen LogP contribution in [0, 0.1) is 11.3 Å². The van der Waals surface area contributed by atoms with Crippen LogP contribution in [0.3, 0.4) is 0 Å². The first-order valence-corrected chi connectivity index (χ1v) is 12.4. The van der Waals surface area contributed by atoms with E-state index in [1.165, 1.54) is 30.5 Å². The van der Waals surface area contributed by atoms with E-state index in [0.29, 0.717) is 24.1 Å². The van der Waals surface area contributed by atoms with Crippen molar-refractivity contribution in [2.75, 3.05) is 17.7 Å². The van der Waals surface area contributed by atoms with Crippen molar-refractivity contribution in [2.24, 2.45) is 0 Å². The van der Waals surface area contributed by atoms with Gasteiger partial charge in [0.05, 0.1) is 17.7 Å². The lowest BCUT2D eigenvalue weighted by atomic mass is 10.0. The number of amides is 2. The highest BCUT2D eigenvalue weighted by Crippen LogP contribution is 2.34. The molecule has 0 bridgehead atoms. The summed E-state index contributed by atoms with van der Waals surface area (Å²) in [6, 6.07) is 10.6. The summed E-state index contributed by atoms with van der Waals surface area (Å²) in [7, 11) is 0. The number of nitrogen functional groups attached to an aromatic ring is 1. The summed E-state index contributed by atoms with van der Waals surface area (Å²) in [5.41, 5.74) is 0.249. The maximum absolute atomic E-state index is 12.9. The van der Waals surface area contributed by atoms with Gasteiger partial charge in [0.2, 0.25) is 0 Å². The Balaban J connectivity index is 1.63. The van der Waals surface area contributed by atoms with Crippen molar-refractivity contribution in [2.45, 2.75) is 51.7 Å². The number of ether oxygens (including phenoxy) is 1. The molecule has 12 nitrogen and oxygen atoms in total. The van der Waals surface area contributed by atoms with Gasteiger partial charge in [-0.2, -0.15) is 5.26 Å². The number of pyridine rings is 1. The predicted molar refractivity (Wildman–Crippen MR) is 141 cm³/mol. The topological polar surface area (TPSA) is 176 Å². The van der Waals surface area contributed by atoms with Gasteiger partial charge >= 0.3 is 12.1 Å². The third-order valence-electron chi connectivity index (χ3n) is 6.12. The van der Waals surface area contributed by atoms with Crippen LogP contribution in [-0.4, -0.2) is 54.8 Å². The first kappa shape index (κ1) is 27.1. The molecule has 12 heteroatoms. The van der Waals surface area contributed by atoms with Gasteiger partial charge in [-0.1, -0.05) is 12.1 Å². The Morgan fingerprint density at radius 2 is 1.90 bits per heavy atom. The molecule has 1 saturated heterocycles. The number of likely N-dealkylation sites (tertiary alicyclic amines) is 1. The molecule has 1 aliphatic heterocycles. The minimum Gasteiger partial charge on any atom is -0.476 e. The zero-order valence-corrected chi connectivity index (χ0v) is 21.8. The number of piperidine rings is 1. The van der Waals surface area contributed by atoms with Crippen molar-refractivity contribution in [3.8, 4) is 17.3 Å². The molecule has 39 heavy (non-hydrogen) atoms. The highest BCUT2D eigenvalue weighted by atomic mass is 16.6. The number of rotatable bonds is 5. The second-order valence-electron chi connectivity index (χ2n) is 10.1. The van der Waals surface area contributed by atoms with E-state index in [9.17, 15) is 19.5 Å². The smallest absolute Gasteiger partial charge is 0.410 e. The van der Waals surface area contributed by atoms with Gasteiger partial charge in [0.25, 0.3) is 5.91 Å². The van der Waals surface area contributed by atoms with Crippen LogP contribution in [0.5, 0.6) is 0 Å². The number of nitrogens with one attached hydrogen (secondary N) is 1. The third kappa shape index (κ3) is 5.98. The van der Waals surface area contributed by atoms with Crippen LogP contribution >= 0.6 is 0 Å². The van der Waals surface area contributed by atoms with Gasteiger partial charge in [0.1, 0.15) is 17.1 Å². The molecule has 2 aromatic heterocycles. The molecule has 4 rings (SSSR count). The second kappa shape index (κ2) is 10.8. The Bertz CT molecular complexity index is 1450. The molecule has 202 valence electrons. The van der Waals surface area contributed by atoms with Crippen LogP contribution < -0.4 is 11.2 Å². The monoisotopic (exact) mass is 531 g/mol. The second-order valence-corrected chi connectivity index (χ2v) is 10.1. The Labute approximate surface area is 225 Å². The van der Waals surface area contributed by atoms with Crippen LogP contribution in [0.4, 0.5) is 10.6 Å². The van der Waals surface area contributed by atoms with Gasteiger partial charge < -0.3 is 21.0 Å². The summed E-state index contributed by atoms with van der Waals surface area (Å²) in [5, 5.41) is 21.6. The molecule has 0 spiro atoms. The summed E-state index contributed by atoms with van der Waals surface area (Å²) < 4.78 is 6.58. The molecular formula is C27H29N7O5. The molecule has 1 unspecified atom stereocenters. The maximum atomic E-state index is 12.9. The number of imidazole rings is 1. The molecule has 1 atom stereocenters. The van der Waals surface area contributed by atoms with E-state index in [0.717, 1.165) is 17.5 Å². The minimum atomic E-state index is -1.28. The van der Waals surface area contributed by atoms with E-state index in [-0.39, 0.29) is 28.6 Å². The van der Waals surface area contributed by atoms with E-state index < -0.39 is 29.6 Å². The van der Waals surface area contributed by atoms with Gasteiger partial charge in [-0.3, -0.25) is 9.69 Å². The molecule has 1 aromatic carbocycles. The van der Waals surface area contributed by atoms with Crippen LogP contribution in [0.2, 0.25) is 0 Å². The van der Waals surface area contributed by atoms with Crippen molar-refractivity contribution in [1.82, 2.24) is 19.5 Å². The molecular weight excluding hydrogens is 502 g/mol. The van der Waals surface area contributed by atoms with E-state index in [1.54, 1.807) is 37.8 Å². The Morgan fingerprint density at radius 1 is 1.18 bits per heavy atom. The molecule has 0 aliphatic carbocycles. The molecule has 0 radical (unpaired) electrons. The number of hydrogen-bond acceptors (Lipinski definition) is 8. The number of carboxylic acid groups (broad SMARTS) is 1. The number of carboxylic acids is 1. The van der Waals surface area contributed by atoms with E-state index in [1.807, 2.05) is 6.07 Å². The average molecular weight is 532 g/mol. The predicted octanol–water partition coefficient (Wildman–Crippen LogP) is 3.94.